The summed E-state index contributed by atoms with van der Waals surface area (Å²) in [5.41, 5.74) is 0.965. The normalized spacial score (nSPS) is 6.87. The highest BCUT2D eigenvalue weighted by atomic mass is 19.1. The Morgan fingerprint density at radius 1 is 1.00 bits per heavy atom. The summed E-state index contributed by atoms with van der Waals surface area (Å²) in [5.74, 6) is 0. The molecule has 0 amide bonds. The van der Waals surface area contributed by atoms with Crippen molar-refractivity contribution in [2.45, 2.75) is 27.4 Å². The zero-order valence-electron chi connectivity index (χ0n) is 10.1. The highest BCUT2D eigenvalue weighted by Gasteiger charge is 1.81. The lowest BCUT2D eigenvalue weighted by atomic mass is 10.2. The number of aliphatic hydroxyl groups excluding tert-OH is 2. The van der Waals surface area contributed by atoms with Gasteiger partial charge < -0.3 is 10.2 Å². The molecule has 3 heteroatoms. The molecule has 0 aliphatic heterocycles. The zero-order chi connectivity index (χ0) is 12.5. The van der Waals surface area contributed by atoms with E-state index in [2.05, 4.69) is 0 Å². The van der Waals surface area contributed by atoms with Crippen LogP contribution in [0.3, 0.4) is 0 Å². The number of aliphatic hydroxyl groups is 2. The van der Waals surface area contributed by atoms with Crippen molar-refractivity contribution in [3.8, 4) is 0 Å². The molecule has 0 radical (unpaired) electrons. The maximum atomic E-state index is 9.50. The number of alkyl halides is 1. The summed E-state index contributed by atoms with van der Waals surface area (Å²) in [4.78, 5) is 0. The van der Waals surface area contributed by atoms with E-state index in [1.807, 2.05) is 44.2 Å². The summed E-state index contributed by atoms with van der Waals surface area (Å²) in [5, 5.41) is 16.1. The van der Waals surface area contributed by atoms with Crippen molar-refractivity contribution in [1.29, 1.82) is 0 Å². The molecule has 0 saturated heterocycles. The van der Waals surface area contributed by atoms with Gasteiger partial charge in [0.25, 0.3) is 0 Å². The van der Waals surface area contributed by atoms with Gasteiger partial charge in [-0.15, -0.1) is 0 Å². The van der Waals surface area contributed by atoms with Crippen LogP contribution in [0.2, 0.25) is 0 Å². The topological polar surface area (TPSA) is 40.5 Å². The number of benzene rings is 1. The standard InChI is InChI=1S/C7H8O.C2H6O.C2H6.CH3F/c8-6-7-4-2-1-3-5-7;1-2-3;2*1-2/h1-5,8H,6H2;3H,2H2,1H3;1-2H3;1H3. The lowest BCUT2D eigenvalue weighted by Crippen LogP contribution is -1.77. The predicted molar refractivity (Wildman–Crippen MR) is 63.5 cm³/mol. The number of hydrogen-bond acceptors (Lipinski definition) is 2. The fraction of sp³-hybridized carbons (Fsp3) is 0.500. The first kappa shape index (κ1) is 19.6. The third kappa shape index (κ3) is 19.5. The van der Waals surface area contributed by atoms with Crippen LogP contribution >= 0.6 is 0 Å². The predicted octanol–water partition coefficient (Wildman–Crippen LogP) is 2.79. The quantitative estimate of drug-likeness (QED) is 0.761. The highest BCUT2D eigenvalue weighted by Crippen LogP contribution is 1.95. The Bertz CT molecular complexity index is 167. The van der Waals surface area contributed by atoms with E-state index in [0.717, 1.165) is 5.56 Å². The molecule has 0 heterocycles. The first-order valence-corrected chi connectivity index (χ1v) is 4.98. The van der Waals surface area contributed by atoms with Crippen molar-refractivity contribution >= 4 is 0 Å². The maximum Gasteiger partial charge on any atom is 0.0785 e. The van der Waals surface area contributed by atoms with Crippen LogP contribution in [0, 0.1) is 0 Å². The van der Waals surface area contributed by atoms with Crippen LogP contribution in [0.1, 0.15) is 26.3 Å². The molecule has 1 rings (SSSR count). The van der Waals surface area contributed by atoms with Crippen molar-refractivity contribution in [1.82, 2.24) is 0 Å². The van der Waals surface area contributed by atoms with Gasteiger partial charge in [0.05, 0.1) is 13.8 Å². The van der Waals surface area contributed by atoms with Crippen LogP contribution in [0.5, 0.6) is 0 Å². The summed E-state index contributed by atoms with van der Waals surface area (Å²) in [6, 6.07) is 9.52. The van der Waals surface area contributed by atoms with Crippen LogP contribution in [-0.4, -0.2) is 24.0 Å². The minimum absolute atomic E-state index is 0.140. The third-order valence-corrected chi connectivity index (χ3v) is 1.03. The monoisotopic (exact) mass is 218 g/mol. The molecular formula is C12H23FO2. The molecule has 0 atom stereocenters. The molecule has 0 aromatic heterocycles. The summed E-state index contributed by atoms with van der Waals surface area (Å²) < 4.78 is 9.50. The molecule has 0 aliphatic carbocycles. The van der Waals surface area contributed by atoms with Crippen molar-refractivity contribution in [3.63, 3.8) is 0 Å². The Morgan fingerprint density at radius 2 is 1.33 bits per heavy atom. The van der Waals surface area contributed by atoms with Gasteiger partial charge in [0.1, 0.15) is 0 Å². The second-order valence-corrected chi connectivity index (χ2v) is 1.96. The van der Waals surface area contributed by atoms with Crippen LogP contribution in [0.25, 0.3) is 0 Å². The van der Waals surface area contributed by atoms with Gasteiger partial charge in [-0.25, -0.2) is 0 Å². The van der Waals surface area contributed by atoms with Gasteiger partial charge in [0.15, 0.2) is 0 Å². The molecule has 0 fully saturated rings. The fourth-order valence-corrected chi connectivity index (χ4v) is 0.583. The van der Waals surface area contributed by atoms with Gasteiger partial charge in [-0.3, -0.25) is 4.39 Å². The molecular weight excluding hydrogens is 195 g/mol. The van der Waals surface area contributed by atoms with Crippen molar-refractivity contribution in [2.24, 2.45) is 0 Å². The fourth-order valence-electron chi connectivity index (χ4n) is 0.583. The summed E-state index contributed by atoms with van der Waals surface area (Å²) in [6.45, 7) is 6.07. The molecule has 0 spiro atoms. The van der Waals surface area contributed by atoms with E-state index in [1.54, 1.807) is 6.92 Å². The van der Waals surface area contributed by atoms with Crippen molar-refractivity contribution in [3.05, 3.63) is 35.9 Å². The van der Waals surface area contributed by atoms with E-state index >= 15 is 0 Å². The minimum Gasteiger partial charge on any atom is -0.397 e. The number of rotatable bonds is 1. The van der Waals surface area contributed by atoms with Gasteiger partial charge >= 0.3 is 0 Å². The molecule has 15 heavy (non-hydrogen) atoms. The maximum absolute atomic E-state index is 9.50. The smallest absolute Gasteiger partial charge is 0.0785 e. The summed E-state index contributed by atoms with van der Waals surface area (Å²) in [7, 11) is 0.500. The Balaban J connectivity index is -0.000000176. The molecule has 90 valence electrons. The van der Waals surface area contributed by atoms with E-state index in [1.165, 1.54) is 0 Å². The van der Waals surface area contributed by atoms with Crippen LogP contribution in [0.15, 0.2) is 30.3 Å². The first-order chi connectivity index (χ1) is 7.35. The van der Waals surface area contributed by atoms with Gasteiger partial charge in [0.2, 0.25) is 0 Å². The molecule has 2 N–H and O–H groups in total. The Morgan fingerprint density at radius 3 is 1.53 bits per heavy atom. The molecule has 0 aliphatic rings. The van der Waals surface area contributed by atoms with Crippen LogP contribution in [-0.2, 0) is 6.61 Å². The zero-order valence-corrected chi connectivity index (χ0v) is 10.1. The third-order valence-electron chi connectivity index (χ3n) is 1.03. The van der Waals surface area contributed by atoms with Gasteiger partial charge in [-0.05, 0) is 12.5 Å². The molecule has 1 aromatic rings. The average Bonchev–Trinajstić information content (AvgIpc) is 2.36. The molecule has 1 aromatic carbocycles. The van der Waals surface area contributed by atoms with E-state index in [0.29, 0.717) is 7.18 Å². The average molecular weight is 218 g/mol. The lowest BCUT2D eigenvalue weighted by Gasteiger charge is -1.89. The van der Waals surface area contributed by atoms with E-state index in [-0.39, 0.29) is 13.2 Å². The summed E-state index contributed by atoms with van der Waals surface area (Å²) >= 11 is 0. The molecule has 0 saturated carbocycles. The molecule has 2 nitrogen and oxygen atoms in total. The molecule has 0 bridgehead atoms. The van der Waals surface area contributed by atoms with Crippen molar-refractivity contribution < 1.29 is 14.6 Å². The van der Waals surface area contributed by atoms with Gasteiger partial charge in [-0.2, -0.15) is 0 Å². The SMILES string of the molecule is CC.CCO.CF.OCc1ccccc1. The molecule has 0 unspecified atom stereocenters. The minimum atomic E-state index is 0.140. The van der Waals surface area contributed by atoms with Crippen molar-refractivity contribution in [2.75, 3.05) is 13.8 Å². The second kappa shape index (κ2) is 23.1. The highest BCUT2D eigenvalue weighted by molar-refractivity contribution is 5.12. The Kier molecular flexibility index (Phi) is 30.3. The van der Waals surface area contributed by atoms with Crippen LogP contribution in [0.4, 0.5) is 4.39 Å². The Hall–Kier alpha value is -0.930. The van der Waals surface area contributed by atoms with E-state index < -0.39 is 0 Å². The second-order valence-electron chi connectivity index (χ2n) is 1.96. The lowest BCUT2D eigenvalue weighted by molar-refractivity contribution is 0.282. The largest absolute Gasteiger partial charge is 0.397 e. The number of hydrogen-bond donors (Lipinski definition) is 2. The van der Waals surface area contributed by atoms with Gasteiger partial charge in [0, 0.05) is 6.61 Å². The van der Waals surface area contributed by atoms with E-state index in [9.17, 15) is 4.39 Å². The summed E-state index contributed by atoms with van der Waals surface area (Å²) in [6.07, 6.45) is 0. The Labute approximate surface area is 92.4 Å². The first-order valence-electron chi connectivity index (χ1n) is 4.98. The van der Waals surface area contributed by atoms with E-state index in [4.69, 9.17) is 10.2 Å². The van der Waals surface area contributed by atoms with Crippen LogP contribution < -0.4 is 0 Å². The number of halogens is 1. The van der Waals surface area contributed by atoms with Gasteiger partial charge in [-0.1, -0.05) is 44.2 Å².